The fourth-order valence-corrected chi connectivity index (χ4v) is 3.90. The minimum absolute atomic E-state index is 0.139. The average Bonchev–Trinajstić information content (AvgIpc) is 2.95. The highest BCUT2D eigenvalue weighted by Gasteiger charge is 2.41. The van der Waals surface area contributed by atoms with Gasteiger partial charge >= 0.3 is 0 Å². The fraction of sp³-hybridized carbons (Fsp3) is 0.611. The van der Waals surface area contributed by atoms with E-state index in [0.29, 0.717) is 32.1 Å². The third kappa shape index (κ3) is 2.85. The number of anilines is 1. The van der Waals surface area contributed by atoms with Crippen LogP contribution in [0.15, 0.2) is 24.4 Å². The van der Waals surface area contributed by atoms with E-state index in [1.54, 1.807) is 6.20 Å². The Bertz CT molecular complexity index is 609. The lowest BCUT2D eigenvalue weighted by Gasteiger charge is -2.37. The maximum absolute atomic E-state index is 12.8. The summed E-state index contributed by atoms with van der Waals surface area (Å²) in [5.74, 6) is 1.16. The summed E-state index contributed by atoms with van der Waals surface area (Å²) in [6.07, 6.45) is 5.62. The molecule has 6 heteroatoms. The molecule has 0 bridgehead atoms. The molecule has 1 aromatic heterocycles. The molecule has 0 aromatic carbocycles. The van der Waals surface area contributed by atoms with E-state index in [2.05, 4.69) is 9.88 Å². The van der Waals surface area contributed by atoms with Gasteiger partial charge in [-0.25, -0.2) is 4.98 Å². The molecule has 3 heterocycles. The van der Waals surface area contributed by atoms with Gasteiger partial charge in [0.25, 0.3) is 0 Å². The van der Waals surface area contributed by atoms with E-state index in [1.807, 2.05) is 28.0 Å². The van der Waals surface area contributed by atoms with E-state index in [-0.39, 0.29) is 17.7 Å². The third-order valence-electron chi connectivity index (χ3n) is 5.59. The molecule has 24 heavy (non-hydrogen) atoms. The van der Waals surface area contributed by atoms with Crippen molar-refractivity contribution in [3.8, 4) is 0 Å². The van der Waals surface area contributed by atoms with Crippen molar-refractivity contribution in [3.05, 3.63) is 24.4 Å². The number of nitrogens with zero attached hydrogens (tertiary/aromatic N) is 4. The topological polar surface area (TPSA) is 56.8 Å². The van der Waals surface area contributed by atoms with Crippen LogP contribution in [0.3, 0.4) is 0 Å². The molecule has 0 N–H and O–H groups in total. The highest BCUT2D eigenvalue weighted by molar-refractivity contribution is 5.89. The van der Waals surface area contributed by atoms with Crippen LogP contribution in [0.5, 0.6) is 0 Å². The maximum Gasteiger partial charge on any atom is 0.228 e. The monoisotopic (exact) mass is 328 g/mol. The molecular weight excluding hydrogens is 304 g/mol. The summed E-state index contributed by atoms with van der Waals surface area (Å²) in [6.45, 7) is 3.65. The Labute approximate surface area is 142 Å². The van der Waals surface area contributed by atoms with Crippen molar-refractivity contribution < 1.29 is 9.59 Å². The second kappa shape index (κ2) is 6.42. The van der Waals surface area contributed by atoms with E-state index in [0.717, 1.165) is 31.7 Å². The smallest absolute Gasteiger partial charge is 0.228 e. The first-order valence-corrected chi connectivity index (χ1v) is 8.96. The van der Waals surface area contributed by atoms with E-state index < -0.39 is 0 Å². The van der Waals surface area contributed by atoms with Crippen LogP contribution in [0.2, 0.25) is 0 Å². The molecule has 3 aliphatic rings. The SMILES string of the molecule is O=C(C1CC(=O)N(C2CCC2)C1)N1CCN(c2ccccn2)CC1. The molecule has 2 amide bonds. The molecule has 1 saturated carbocycles. The Morgan fingerprint density at radius 1 is 1.12 bits per heavy atom. The van der Waals surface area contributed by atoms with Crippen molar-refractivity contribution in [2.75, 3.05) is 37.6 Å². The minimum Gasteiger partial charge on any atom is -0.353 e. The number of hydrogen-bond acceptors (Lipinski definition) is 4. The predicted molar refractivity (Wildman–Crippen MR) is 90.5 cm³/mol. The first-order chi connectivity index (χ1) is 11.7. The average molecular weight is 328 g/mol. The Kier molecular flexibility index (Phi) is 4.12. The van der Waals surface area contributed by atoms with Crippen LogP contribution in [0.4, 0.5) is 5.82 Å². The van der Waals surface area contributed by atoms with Crippen molar-refractivity contribution in [2.45, 2.75) is 31.7 Å². The summed E-state index contributed by atoms with van der Waals surface area (Å²) >= 11 is 0. The van der Waals surface area contributed by atoms with Gasteiger partial charge < -0.3 is 14.7 Å². The number of pyridine rings is 1. The van der Waals surface area contributed by atoms with Gasteiger partial charge in [0.2, 0.25) is 11.8 Å². The van der Waals surface area contributed by atoms with Gasteiger partial charge in [-0.1, -0.05) is 6.07 Å². The van der Waals surface area contributed by atoms with Crippen LogP contribution in [-0.4, -0.2) is 65.4 Å². The first kappa shape index (κ1) is 15.4. The van der Waals surface area contributed by atoms with Gasteiger partial charge in [-0.05, 0) is 31.4 Å². The summed E-state index contributed by atoms with van der Waals surface area (Å²) in [7, 11) is 0. The van der Waals surface area contributed by atoms with Gasteiger partial charge in [0.15, 0.2) is 0 Å². The highest BCUT2D eigenvalue weighted by atomic mass is 16.2. The number of carbonyl (C=O) groups is 2. The normalized spacial score (nSPS) is 25.1. The standard InChI is InChI=1S/C18H24N4O2/c23-17-12-14(13-22(17)15-4-3-5-15)18(24)21-10-8-20(9-11-21)16-6-1-2-7-19-16/h1-2,6-7,14-15H,3-5,8-13H2. The van der Waals surface area contributed by atoms with E-state index in [9.17, 15) is 9.59 Å². The highest BCUT2D eigenvalue weighted by Crippen LogP contribution is 2.31. The molecule has 4 rings (SSSR count). The molecule has 0 radical (unpaired) electrons. The Hall–Kier alpha value is -2.11. The largest absolute Gasteiger partial charge is 0.353 e. The van der Waals surface area contributed by atoms with E-state index in [1.165, 1.54) is 6.42 Å². The van der Waals surface area contributed by atoms with Crippen LogP contribution in [-0.2, 0) is 9.59 Å². The van der Waals surface area contributed by atoms with E-state index >= 15 is 0 Å². The van der Waals surface area contributed by atoms with Crippen molar-refractivity contribution >= 4 is 17.6 Å². The lowest BCUT2D eigenvalue weighted by atomic mass is 9.92. The summed E-state index contributed by atoms with van der Waals surface area (Å²) in [5.41, 5.74) is 0. The van der Waals surface area contributed by atoms with Crippen LogP contribution in [0.25, 0.3) is 0 Å². The molecule has 0 spiro atoms. The molecule has 1 atom stereocenters. The number of aromatic nitrogens is 1. The molecule has 1 aromatic rings. The molecular formula is C18H24N4O2. The number of likely N-dealkylation sites (tertiary alicyclic amines) is 1. The Morgan fingerprint density at radius 3 is 2.54 bits per heavy atom. The molecule has 2 saturated heterocycles. The van der Waals surface area contributed by atoms with Crippen molar-refractivity contribution in [2.24, 2.45) is 5.92 Å². The quantitative estimate of drug-likeness (QED) is 0.835. The van der Waals surface area contributed by atoms with Crippen molar-refractivity contribution in [1.82, 2.24) is 14.8 Å². The number of rotatable bonds is 3. The second-order valence-electron chi connectivity index (χ2n) is 7.03. The van der Waals surface area contributed by atoms with Crippen LogP contribution in [0.1, 0.15) is 25.7 Å². The summed E-state index contributed by atoms with van der Waals surface area (Å²) in [5, 5.41) is 0. The van der Waals surface area contributed by atoms with Crippen LogP contribution >= 0.6 is 0 Å². The van der Waals surface area contributed by atoms with Gasteiger partial charge in [-0.3, -0.25) is 9.59 Å². The van der Waals surface area contributed by atoms with Gasteiger partial charge in [0.05, 0.1) is 5.92 Å². The van der Waals surface area contributed by atoms with Gasteiger partial charge in [-0.2, -0.15) is 0 Å². The molecule has 128 valence electrons. The summed E-state index contributed by atoms with van der Waals surface area (Å²) in [6, 6.07) is 6.30. The predicted octanol–water partition coefficient (Wildman–Crippen LogP) is 1.13. The zero-order valence-electron chi connectivity index (χ0n) is 13.9. The van der Waals surface area contributed by atoms with Crippen LogP contribution in [0, 0.1) is 5.92 Å². The number of hydrogen-bond donors (Lipinski definition) is 0. The van der Waals surface area contributed by atoms with E-state index in [4.69, 9.17) is 0 Å². The Morgan fingerprint density at radius 2 is 1.92 bits per heavy atom. The zero-order chi connectivity index (χ0) is 16.5. The van der Waals surface area contributed by atoms with Gasteiger partial charge in [0, 0.05) is 51.4 Å². The zero-order valence-corrected chi connectivity index (χ0v) is 13.9. The van der Waals surface area contributed by atoms with Crippen molar-refractivity contribution in [1.29, 1.82) is 0 Å². The van der Waals surface area contributed by atoms with Gasteiger partial charge in [-0.15, -0.1) is 0 Å². The number of piperazine rings is 1. The molecule has 2 aliphatic heterocycles. The fourth-order valence-electron chi connectivity index (χ4n) is 3.90. The molecule has 3 fully saturated rings. The number of amides is 2. The van der Waals surface area contributed by atoms with Crippen LogP contribution < -0.4 is 4.90 Å². The molecule has 1 aliphatic carbocycles. The number of carbonyl (C=O) groups excluding carboxylic acids is 2. The lowest BCUT2D eigenvalue weighted by Crippen LogP contribution is -2.51. The minimum atomic E-state index is -0.139. The molecule has 6 nitrogen and oxygen atoms in total. The van der Waals surface area contributed by atoms with Crippen molar-refractivity contribution in [3.63, 3.8) is 0 Å². The maximum atomic E-state index is 12.8. The Balaban J connectivity index is 1.32. The summed E-state index contributed by atoms with van der Waals surface area (Å²) in [4.78, 5) is 35.4. The van der Waals surface area contributed by atoms with Gasteiger partial charge in [0.1, 0.15) is 5.82 Å². The first-order valence-electron chi connectivity index (χ1n) is 8.96. The summed E-state index contributed by atoms with van der Waals surface area (Å²) < 4.78 is 0. The lowest BCUT2D eigenvalue weighted by molar-refractivity contribution is -0.136. The molecule has 1 unspecified atom stereocenters. The second-order valence-corrected chi connectivity index (χ2v) is 7.03. The third-order valence-corrected chi connectivity index (χ3v) is 5.59.